The number of carbonyl (C=O) groups excluding carboxylic acids is 1. The molecule has 1 amide bonds. The summed E-state index contributed by atoms with van der Waals surface area (Å²) in [5.74, 6) is 1.32. The van der Waals surface area contributed by atoms with Crippen LogP contribution in [0.5, 0.6) is 11.5 Å². The van der Waals surface area contributed by atoms with E-state index in [-0.39, 0.29) is 11.8 Å². The van der Waals surface area contributed by atoms with Gasteiger partial charge in [0.1, 0.15) is 0 Å². The lowest BCUT2D eigenvalue weighted by atomic mass is 9.93. The van der Waals surface area contributed by atoms with Gasteiger partial charge < -0.3 is 14.4 Å². The van der Waals surface area contributed by atoms with E-state index in [2.05, 4.69) is 15.9 Å². The molecule has 3 rings (SSSR count). The van der Waals surface area contributed by atoms with Gasteiger partial charge in [-0.25, -0.2) is 0 Å². The number of carbonyl (C=O) groups is 1. The standard InChI is InChI=1S/C19H20BrNO3/c1-4-21-16-8-6-5-7-13(16)14(19(21)22)9-12-10-17(23-2)18(24-3)11-15(12)20/h5-8,10-11,14H,4,9H2,1-3H3/t14-/m1/s1. The van der Waals surface area contributed by atoms with E-state index in [4.69, 9.17) is 9.47 Å². The second-order valence-corrected chi connectivity index (χ2v) is 6.55. The van der Waals surface area contributed by atoms with E-state index >= 15 is 0 Å². The van der Waals surface area contributed by atoms with E-state index in [0.29, 0.717) is 24.5 Å². The van der Waals surface area contributed by atoms with Crippen LogP contribution < -0.4 is 14.4 Å². The SMILES string of the molecule is CCN1C(=O)[C@H](Cc2cc(OC)c(OC)cc2Br)c2ccccc21. The first-order valence-corrected chi connectivity index (χ1v) is 8.70. The number of nitrogens with zero attached hydrogens (tertiary/aromatic N) is 1. The third-order valence-corrected chi connectivity index (χ3v) is 5.20. The normalized spacial score (nSPS) is 16.2. The molecule has 0 saturated carbocycles. The molecule has 2 aromatic rings. The fraction of sp³-hybridized carbons (Fsp3) is 0.316. The molecule has 1 atom stereocenters. The third kappa shape index (κ3) is 2.77. The number of fused-ring (bicyclic) bond motifs is 1. The van der Waals surface area contributed by atoms with E-state index in [9.17, 15) is 4.79 Å². The van der Waals surface area contributed by atoms with Crippen LogP contribution in [-0.2, 0) is 11.2 Å². The van der Waals surface area contributed by atoms with Gasteiger partial charge in [0, 0.05) is 16.7 Å². The molecule has 1 aliphatic heterocycles. The number of hydrogen-bond acceptors (Lipinski definition) is 3. The Hall–Kier alpha value is -2.01. The second kappa shape index (κ2) is 6.85. The molecule has 0 radical (unpaired) electrons. The maximum atomic E-state index is 12.8. The molecule has 0 unspecified atom stereocenters. The minimum absolute atomic E-state index is 0.153. The van der Waals surface area contributed by atoms with E-state index in [1.165, 1.54) is 0 Å². The molecule has 0 spiro atoms. The van der Waals surface area contributed by atoms with Crippen molar-refractivity contribution in [1.82, 2.24) is 0 Å². The van der Waals surface area contributed by atoms with Gasteiger partial charge in [-0.05, 0) is 42.7 Å². The van der Waals surface area contributed by atoms with Crippen LogP contribution in [0.2, 0.25) is 0 Å². The number of rotatable bonds is 5. The van der Waals surface area contributed by atoms with Crippen molar-refractivity contribution in [2.75, 3.05) is 25.7 Å². The van der Waals surface area contributed by atoms with Gasteiger partial charge in [0.25, 0.3) is 0 Å². The minimum atomic E-state index is -0.171. The number of halogens is 1. The molecule has 5 heteroatoms. The molecular formula is C19H20BrNO3. The van der Waals surface area contributed by atoms with Crippen molar-refractivity contribution in [2.24, 2.45) is 0 Å². The highest BCUT2D eigenvalue weighted by Gasteiger charge is 2.36. The van der Waals surface area contributed by atoms with Gasteiger partial charge in [0.2, 0.25) is 5.91 Å². The summed E-state index contributed by atoms with van der Waals surface area (Å²) < 4.78 is 11.6. The highest BCUT2D eigenvalue weighted by atomic mass is 79.9. The van der Waals surface area contributed by atoms with Gasteiger partial charge in [0.15, 0.2) is 11.5 Å². The Balaban J connectivity index is 1.98. The Morgan fingerprint density at radius 1 is 1.12 bits per heavy atom. The Bertz CT molecular complexity index is 775. The Morgan fingerprint density at radius 3 is 2.46 bits per heavy atom. The molecule has 0 aliphatic carbocycles. The summed E-state index contributed by atoms with van der Waals surface area (Å²) in [6.45, 7) is 2.68. The lowest BCUT2D eigenvalue weighted by molar-refractivity contribution is -0.119. The number of likely N-dealkylation sites (N-methyl/N-ethyl adjacent to an activating group) is 1. The average Bonchev–Trinajstić information content (AvgIpc) is 2.87. The zero-order chi connectivity index (χ0) is 17.3. The molecular weight excluding hydrogens is 370 g/mol. The average molecular weight is 390 g/mol. The first kappa shape index (κ1) is 16.8. The highest BCUT2D eigenvalue weighted by Crippen LogP contribution is 2.41. The van der Waals surface area contributed by atoms with Crippen molar-refractivity contribution in [3.8, 4) is 11.5 Å². The van der Waals surface area contributed by atoms with Gasteiger partial charge in [-0.2, -0.15) is 0 Å². The van der Waals surface area contributed by atoms with Crippen LogP contribution >= 0.6 is 15.9 Å². The molecule has 0 bridgehead atoms. The molecule has 2 aromatic carbocycles. The van der Waals surface area contributed by atoms with Crippen molar-refractivity contribution < 1.29 is 14.3 Å². The fourth-order valence-corrected chi connectivity index (χ4v) is 3.75. The molecule has 0 fully saturated rings. The Kier molecular flexibility index (Phi) is 4.81. The lowest BCUT2D eigenvalue weighted by Crippen LogP contribution is -2.29. The monoisotopic (exact) mass is 389 g/mol. The number of methoxy groups -OCH3 is 2. The number of para-hydroxylation sites is 1. The number of ether oxygens (including phenoxy) is 2. The van der Waals surface area contributed by atoms with E-state index in [1.807, 2.05) is 48.2 Å². The minimum Gasteiger partial charge on any atom is -0.493 e. The molecule has 0 N–H and O–H groups in total. The van der Waals surface area contributed by atoms with Crippen LogP contribution in [0, 0.1) is 0 Å². The van der Waals surface area contributed by atoms with Crippen LogP contribution in [-0.4, -0.2) is 26.7 Å². The number of anilines is 1. The summed E-state index contributed by atoms with van der Waals surface area (Å²) in [5.41, 5.74) is 3.14. The maximum Gasteiger partial charge on any atom is 0.234 e. The fourth-order valence-electron chi connectivity index (χ4n) is 3.26. The summed E-state index contributed by atoms with van der Waals surface area (Å²) in [7, 11) is 3.23. The van der Waals surface area contributed by atoms with Crippen molar-refractivity contribution >= 4 is 27.5 Å². The topological polar surface area (TPSA) is 38.8 Å². The summed E-state index contributed by atoms with van der Waals surface area (Å²) in [5, 5.41) is 0. The number of hydrogen-bond donors (Lipinski definition) is 0. The van der Waals surface area contributed by atoms with Crippen molar-refractivity contribution in [2.45, 2.75) is 19.3 Å². The zero-order valence-electron chi connectivity index (χ0n) is 14.0. The third-order valence-electron chi connectivity index (χ3n) is 4.46. The summed E-state index contributed by atoms with van der Waals surface area (Å²) in [6.07, 6.45) is 0.618. The summed E-state index contributed by atoms with van der Waals surface area (Å²) in [6, 6.07) is 11.8. The largest absolute Gasteiger partial charge is 0.493 e. The second-order valence-electron chi connectivity index (χ2n) is 5.70. The van der Waals surface area contributed by atoms with E-state index in [1.54, 1.807) is 14.2 Å². The van der Waals surface area contributed by atoms with Crippen LogP contribution in [0.4, 0.5) is 5.69 Å². The van der Waals surface area contributed by atoms with Crippen molar-refractivity contribution in [1.29, 1.82) is 0 Å². The van der Waals surface area contributed by atoms with E-state index < -0.39 is 0 Å². The Morgan fingerprint density at radius 2 is 1.79 bits per heavy atom. The van der Waals surface area contributed by atoms with Gasteiger partial charge in [-0.15, -0.1) is 0 Å². The van der Waals surface area contributed by atoms with Crippen LogP contribution in [0.1, 0.15) is 24.0 Å². The molecule has 0 aromatic heterocycles. The maximum absolute atomic E-state index is 12.8. The predicted molar refractivity (Wildman–Crippen MR) is 98.2 cm³/mol. The van der Waals surface area contributed by atoms with Crippen LogP contribution in [0.3, 0.4) is 0 Å². The number of benzene rings is 2. The molecule has 1 heterocycles. The molecule has 4 nitrogen and oxygen atoms in total. The predicted octanol–water partition coefficient (Wildman–Crippen LogP) is 4.16. The van der Waals surface area contributed by atoms with Crippen LogP contribution in [0.15, 0.2) is 40.9 Å². The molecule has 0 saturated heterocycles. The first-order chi connectivity index (χ1) is 11.6. The van der Waals surface area contributed by atoms with Gasteiger partial charge >= 0.3 is 0 Å². The van der Waals surface area contributed by atoms with Gasteiger partial charge in [-0.3, -0.25) is 4.79 Å². The quantitative estimate of drug-likeness (QED) is 0.770. The molecule has 126 valence electrons. The molecule has 1 aliphatic rings. The van der Waals surface area contributed by atoms with Crippen LogP contribution in [0.25, 0.3) is 0 Å². The lowest BCUT2D eigenvalue weighted by Gasteiger charge is -2.16. The van der Waals surface area contributed by atoms with E-state index in [0.717, 1.165) is 21.3 Å². The van der Waals surface area contributed by atoms with Gasteiger partial charge in [-0.1, -0.05) is 34.1 Å². The van der Waals surface area contributed by atoms with Crippen molar-refractivity contribution in [3.05, 3.63) is 52.0 Å². The summed E-state index contributed by atoms with van der Waals surface area (Å²) >= 11 is 3.59. The highest BCUT2D eigenvalue weighted by molar-refractivity contribution is 9.10. The summed E-state index contributed by atoms with van der Waals surface area (Å²) in [4.78, 5) is 14.7. The molecule has 24 heavy (non-hydrogen) atoms. The van der Waals surface area contributed by atoms with Gasteiger partial charge in [0.05, 0.1) is 20.1 Å². The van der Waals surface area contributed by atoms with Crippen molar-refractivity contribution in [3.63, 3.8) is 0 Å². The Labute approximate surface area is 150 Å². The first-order valence-electron chi connectivity index (χ1n) is 7.91. The zero-order valence-corrected chi connectivity index (χ0v) is 15.6. The number of amides is 1. The smallest absolute Gasteiger partial charge is 0.234 e.